The molecule has 12 heavy (non-hydrogen) atoms. The van der Waals surface area contributed by atoms with Gasteiger partial charge in [-0.15, -0.1) is 0 Å². The van der Waals surface area contributed by atoms with Gasteiger partial charge < -0.3 is 0 Å². The molecule has 0 heterocycles. The number of hydrogen-bond acceptors (Lipinski definition) is 0. The van der Waals surface area contributed by atoms with Gasteiger partial charge in [-0.3, -0.25) is 0 Å². The van der Waals surface area contributed by atoms with Crippen molar-refractivity contribution < 1.29 is 0 Å². The van der Waals surface area contributed by atoms with Gasteiger partial charge in [-0.25, -0.2) is 0 Å². The average Bonchev–Trinajstić information content (AvgIpc) is 2.13. The SMILES string of the molecule is C/C=C/C[Si](CC)(CC)CCC. The second-order valence-corrected chi connectivity index (χ2v) is 9.05. The maximum Gasteiger partial charge on any atom is 0.0567 e. The van der Waals surface area contributed by atoms with Crippen molar-refractivity contribution in [2.24, 2.45) is 0 Å². The molecule has 0 aromatic heterocycles. The predicted molar refractivity (Wildman–Crippen MR) is 61.4 cm³/mol. The van der Waals surface area contributed by atoms with E-state index in [1.54, 1.807) is 0 Å². The second-order valence-electron chi connectivity index (χ2n) is 3.73. The summed E-state index contributed by atoms with van der Waals surface area (Å²) < 4.78 is 0. The highest BCUT2D eigenvalue weighted by molar-refractivity contribution is 6.80. The molecule has 0 N–H and O–H groups in total. The van der Waals surface area contributed by atoms with Crippen LogP contribution in [0.5, 0.6) is 0 Å². The van der Waals surface area contributed by atoms with Crippen molar-refractivity contribution in [3.05, 3.63) is 12.2 Å². The number of hydrogen-bond donors (Lipinski definition) is 0. The first-order valence-electron chi connectivity index (χ1n) is 5.35. The van der Waals surface area contributed by atoms with Gasteiger partial charge in [0.1, 0.15) is 0 Å². The first-order chi connectivity index (χ1) is 5.74. The van der Waals surface area contributed by atoms with Gasteiger partial charge in [0, 0.05) is 0 Å². The molecule has 0 unspecified atom stereocenters. The zero-order valence-corrected chi connectivity index (χ0v) is 10.2. The van der Waals surface area contributed by atoms with Gasteiger partial charge in [-0.05, 0) is 13.0 Å². The normalized spacial score (nSPS) is 12.7. The highest BCUT2D eigenvalue weighted by atomic mass is 28.3. The highest BCUT2D eigenvalue weighted by Crippen LogP contribution is 2.27. The molecule has 0 rings (SSSR count). The highest BCUT2D eigenvalue weighted by Gasteiger charge is 2.25. The summed E-state index contributed by atoms with van der Waals surface area (Å²) in [7, 11) is -0.851. The Labute approximate surface area is 79.1 Å². The molecular weight excluding hydrogens is 160 g/mol. The lowest BCUT2D eigenvalue weighted by Gasteiger charge is -2.27. The van der Waals surface area contributed by atoms with Crippen LogP contribution in [-0.4, -0.2) is 8.07 Å². The molecule has 0 spiro atoms. The van der Waals surface area contributed by atoms with Crippen LogP contribution in [0.4, 0.5) is 0 Å². The topological polar surface area (TPSA) is 0 Å². The lowest BCUT2D eigenvalue weighted by molar-refractivity contribution is 1.00. The summed E-state index contributed by atoms with van der Waals surface area (Å²) in [5.74, 6) is 0. The molecule has 72 valence electrons. The molecule has 0 aromatic rings. The van der Waals surface area contributed by atoms with Crippen molar-refractivity contribution >= 4 is 8.07 Å². The molecule has 0 saturated heterocycles. The van der Waals surface area contributed by atoms with Gasteiger partial charge >= 0.3 is 0 Å². The van der Waals surface area contributed by atoms with Gasteiger partial charge in [0.15, 0.2) is 0 Å². The summed E-state index contributed by atoms with van der Waals surface area (Å²) in [4.78, 5) is 0. The zero-order chi connectivity index (χ0) is 9.45. The Morgan fingerprint density at radius 1 is 1.08 bits per heavy atom. The van der Waals surface area contributed by atoms with E-state index in [4.69, 9.17) is 0 Å². The van der Waals surface area contributed by atoms with E-state index >= 15 is 0 Å². The van der Waals surface area contributed by atoms with Crippen LogP contribution in [0, 0.1) is 0 Å². The van der Waals surface area contributed by atoms with Crippen LogP contribution in [0.2, 0.25) is 24.2 Å². The Balaban J connectivity index is 4.13. The monoisotopic (exact) mass is 184 g/mol. The lowest BCUT2D eigenvalue weighted by Crippen LogP contribution is -2.30. The molecule has 0 aliphatic carbocycles. The minimum absolute atomic E-state index is 0.851. The van der Waals surface area contributed by atoms with E-state index in [2.05, 4.69) is 39.8 Å². The van der Waals surface area contributed by atoms with Gasteiger partial charge in [-0.2, -0.15) is 0 Å². The van der Waals surface area contributed by atoms with E-state index in [1.165, 1.54) is 30.6 Å². The van der Waals surface area contributed by atoms with Gasteiger partial charge in [0.05, 0.1) is 8.07 Å². The van der Waals surface area contributed by atoms with Crippen molar-refractivity contribution in [3.63, 3.8) is 0 Å². The fourth-order valence-electron chi connectivity index (χ4n) is 1.89. The van der Waals surface area contributed by atoms with Crippen molar-refractivity contribution in [3.8, 4) is 0 Å². The van der Waals surface area contributed by atoms with E-state index in [1.807, 2.05) is 0 Å². The van der Waals surface area contributed by atoms with Crippen LogP contribution in [0.25, 0.3) is 0 Å². The van der Waals surface area contributed by atoms with Crippen LogP contribution < -0.4 is 0 Å². The van der Waals surface area contributed by atoms with E-state index in [-0.39, 0.29) is 0 Å². The molecule has 0 saturated carbocycles. The number of allylic oxidation sites excluding steroid dienone is 2. The molecule has 0 radical (unpaired) electrons. The lowest BCUT2D eigenvalue weighted by atomic mass is 10.6. The molecule has 1 heteroatoms. The molecule has 0 bridgehead atoms. The van der Waals surface area contributed by atoms with E-state index < -0.39 is 8.07 Å². The maximum atomic E-state index is 2.38. The molecule has 0 amide bonds. The van der Waals surface area contributed by atoms with Crippen LogP contribution in [0.3, 0.4) is 0 Å². The minimum atomic E-state index is -0.851. The third-order valence-electron chi connectivity index (χ3n) is 3.07. The first kappa shape index (κ1) is 12.0. The molecular formula is C11H24Si. The predicted octanol–water partition coefficient (Wildman–Crippen LogP) is 4.46. The maximum absolute atomic E-state index is 2.38. The molecule has 0 nitrogen and oxygen atoms in total. The molecule has 0 aliphatic rings. The second kappa shape index (κ2) is 6.47. The van der Waals surface area contributed by atoms with Crippen LogP contribution in [-0.2, 0) is 0 Å². The number of rotatable bonds is 6. The quantitative estimate of drug-likeness (QED) is 0.422. The largest absolute Gasteiger partial charge is 0.0919 e. The van der Waals surface area contributed by atoms with Crippen molar-refractivity contribution in [1.29, 1.82) is 0 Å². The summed E-state index contributed by atoms with van der Waals surface area (Å²) in [6.07, 6.45) is 5.98. The van der Waals surface area contributed by atoms with Crippen molar-refractivity contribution in [2.75, 3.05) is 0 Å². The minimum Gasteiger partial charge on any atom is -0.0919 e. The van der Waals surface area contributed by atoms with Crippen LogP contribution >= 0.6 is 0 Å². The van der Waals surface area contributed by atoms with E-state index in [0.717, 1.165) is 0 Å². The summed E-state index contributed by atoms with van der Waals surface area (Å²) in [6.45, 7) is 9.23. The fourth-order valence-corrected chi connectivity index (χ4v) is 5.68. The first-order valence-corrected chi connectivity index (χ1v) is 8.18. The smallest absolute Gasteiger partial charge is 0.0567 e. The van der Waals surface area contributed by atoms with Crippen LogP contribution in [0.15, 0.2) is 12.2 Å². The summed E-state index contributed by atoms with van der Waals surface area (Å²) in [5, 5.41) is 0. The summed E-state index contributed by atoms with van der Waals surface area (Å²) >= 11 is 0. The summed E-state index contributed by atoms with van der Waals surface area (Å²) in [5.41, 5.74) is 0. The van der Waals surface area contributed by atoms with Crippen molar-refractivity contribution in [1.82, 2.24) is 0 Å². The van der Waals surface area contributed by atoms with Crippen molar-refractivity contribution in [2.45, 2.75) is 58.3 Å². The Hall–Kier alpha value is -0.0431. The summed E-state index contributed by atoms with van der Waals surface area (Å²) in [6, 6.07) is 5.85. The standard InChI is InChI=1S/C11H24Si/c1-5-9-11-12(7-3,8-4)10-6-2/h5,9H,6-8,10-11H2,1-4H3/b9-5+. The zero-order valence-electron chi connectivity index (χ0n) is 9.19. The Morgan fingerprint density at radius 3 is 2.00 bits per heavy atom. The van der Waals surface area contributed by atoms with Gasteiger partial charge in [0.25, 0.3) is 0 Å². The third kappa shape index (κ3) is 3.57. The molecule has 0 fully saturated rings. The Morgan fingerprint density at radius 2 is 1.67 bits per heavy atom. The molecule has 0 aliphatic heterocycles. The molecule has 0 atom stereocenters. The van der Waals surface area contributed by atoms with Gasteiger partial charge in [-0.1, -0.05) is 57.5 Å². The Bertz CT molecular complexity index is 123. The van der Waals surface area contributed by atoms with E-state index in [0.29, 0.717) is 0 Å². The average molecular weight is 184 g/mol. The third-order valence-corrected chi connectivity index (χ3v) is 8.73. The molecule has 0 aromatic carbocycles. The van der Waals surface area contributed by atoms with E-state index in [9.17, 15) is 0 Å². The van der Waals surface area contributed by atoms with Crippen LogP contribution in [0.1, 0.15) is 34.1 Å². The van der Waals surface area contributed by atoms with Gasteiger partial charge in [0.2, 0.25) is 0 Å². The Kier molecular flexibility index (Phi) is 6.45. The fraction of sp³-hybridized carbons (Fsp3) is 0.818.